The number of aromatic nitrogens is 1. The van der Waals surface area contributed by atoms with Gasteiger partial charge in [-0.2, -0.15) is 0 Å². The first-order valence-electron chi connectivity index (χ1n) is 5.42. The van der Waals surface area contributed by atoms with Crippen molar-refractivity contribution < 1.29 is 5.11 Å². The Balaban J connectivity index is 2.34. The summed E-state index contributed by atoms with van der Waals surface area (Å²) in [7, 11) is 0. The molecule has 0 aliphatic rings. The molecule has 0 amide bonds. The molecule has 0 fully saturated rings. The van der Waals surface area contributed by atoms with Crippen molar-refractivity contribution in [2.75, 3.05) is 0 Å². The highest BCUT2D eigenvalue weighted by molar-refractivity contribution is 5.10. The molecule has 0 bridgehead atoms. The van der Waals surface area contributed by atoms with Gasteiger partial charge in [-0.1, -0.05) is 32.3 Å². The van der Waals surface area contributed by atoms with E-state index in [1.54, 1.807) is 0 Å². The third kappa shape index (κ3) is 3.88. The van der Waals surface area contributed by atoms with E-state index in [1.807, 2.05) is 18.2 Å². The maximum atomic E-state index is 8.91. The van der Waals surface area contributed by atoms with Gasteiger partial charge in [0.15, 0.2) is 0 Å². The highest BCUT2D eigenvalue weighted by Gasteiger charge is 1.96. The van der Waals surface area contributed by atoms with Crippen LogP contribution < -0.4 is 0 Å². The average molecular weight is 193 g/mol. The van der Waals surface area contributed by atoms with Gasteiger partial charge in [0.05, 0.1) is 12.3 Å². The molecule has 14 heavy (non-hydrogen) atoms. The molecule has 0 radical (unpaired) electrons. The van der Waals surface area contributed by atoms with Crippen LogP contribution >= 0.6 is 0 Å². The lowest BCUT2D eigenvalue weighted by atomic mass is 10.1. The maximum absolute atomic E-state index is 8.91. The zero-order valence-corrected chi connectivity index (χ0v) is 8.87. The lowest BCUT2D eigenvalue weighted by Crippen LogP contribution is -1.95. The summed E-state index contributed by atoms with van der Waals surface area (Å²) in [4.78, 5) is 4.34. The molecule has 78 valence electrons. The number of aryl methyl sites for hydroxylation is 1. The van der Waals surface area contributed by atoms with E-state index in [2.05, 4.69) is 11.9 Å². The predicted octanol–water partition coefficient (Wildman–Crippen LogP) is 2.70. The van der Waals surface area contributed by atoms with Crippen molar-refractivity contribution in [1.29, 1.82) is 0 Å². The number of aliphatic hydroxyl groups excluding tert-OH is 1. The number of nitrogens with zero attached hydrogens (tertiary/aromatic N) is 1. The van der Waals surface area contributed by atoms with E-state index < -0.39 is 0 Å². The SMILES string of the molecule is CCCCCCc1cccc(CO)n1. The molecule has 2 heteroatoms. The van der Waals surface area contributed by atoms with Crippen molar-refractivity contribution in [3.05, 3.63) is 29.6 Å². The van der Waals surface area contributed by atoms with Gasteiger partial charge >= 0.3 is 0 Å². The summed E-state index contributed by atoms with van der Waals surface area (Å²) < 4.78 is 0. The molecule has 1 heterocycles. The third-order valence-corrected chi connectivity index (χ3v) is 2.31. The van der Waals surface area contributed by atoms with Gasteiger partial charge in [-0.05, 0) is 25.0 Å². The standard InChI is InChI=1S/C12H19NO/c1-2-3-4-5-7-11-8-6-9-12(10-14)13-11/h6,8-9,14H,2-5,7,10H2,1H3. The van der Waals surface area contributed by atoms with Gasteiger partial charge in [0, 0.05) is 5.69 Å². The van der Waals surface area contributed by atoms with Crippen LogP contribution in [-0.2, 0) is 13.0 Å². The number of hydrogen-bond donors (Lipinski definition) is 1. The fourth-order valence-corrected chi connectivity index (χ4v) is 1.49. The van der Waals surface area contributed by atoms with Gasteiger partial charge < -0.3 is 5.11 Å². The molecular weight excluding hydrogens is 174 g/mol. The van der Waals surface area contributed by atoms with Gasteiger partial charge in [-0.25, -0.2) is 0 Å². The van der Waals surface area contributed by atoms with E-state index in [1.165, 1.54) is 25.7 Å². The molecule has 0 atom stereocenters. The molecular formula is C12H19NO. The summed E-state index contributed by atoms with van der Waals surface area (Å²) >= 11 is 0. The highest BCUT2D eigenvalue weighted by Crippen LogP contribution is 2.06. The molecule has 0 saturated carbocycles. The van der Waals surface area contributed by atoms with Crippen molar-refractivity contribution in [2.24, 2.45) is 0 Å². The summed E-state index contributed by atoms with van der Waals surface area (Å²) in [6.45, 7) is 2.26. The molecule has 1 N–H and O–H groups in total. The van der Waals surface area contributed by atoms with Gasteiger partial charge in [-0.3, -0.25) is 4.98 Å². The second kappa shape index (κ2) is 6.55. The van der Waals surface area contributed by atoms with E-state index in [-0.39, 0.29) is 6.61 Å². The van der Waals surface area contributed by atoms with Crippen LogP contribution in [0.4, 0.5) is 0 Å². The summed E-state index contributed by atoms with van der Waals surface area (Å²) in [6, 6.07) is 5.86. The zero-order chi connectivity index (χ0) is 10.2. The monoisotopic (exact) mass is 193 g/mol. The Hall–Kier alpha value is -0.890. The van der Waals surface area contributed by atoms with Crippen molar-refractivity contribution >= 4 is 0 Å². The van der Waals surface area contributed by atoms with Crippen LogP contribution in [0.25, 0.3) is 0 Å². The Morgan fingerprint density at radius 3 is 2.64 bits per heavy atom. The lowest BCUT2D eigenvalue weighted by Gasteiger charge is -2.02. The molecule has 0 aromatic carbocycles. The second-order valence-corrected chi connectivity index (χ2v) is 3.59. The fraction of sp³-hybridized carbons (Fsp3) is 0.583. The first-order valence-corrected chi connectivity index (χ1v) is 5.42. The van der Waals surface area contributed by atoms with Crippen molar-refractivity contribution in [1.82, 2.24) is 4.98 Å². The maximum Gasteiger partial charge on any atom is 0.0853 e. The third-order valence-electron chi connectivity index (χ3n) is 2.31. The first-order chi connectivity index (χ1) is 6.86. The molecule has 2 nitrogen and oxygen atoms in total. The molecule has 0 aliphatic heterocycles. The summed E-state index contributed by atoms with van der Waals surface area (Å²) in [6.07, 6.45) is 6.09. The normalized spacial score (nSPS) is 10.4. The van der Waals surface area contributed by atoms with Crippen molar-refractivity contribution in [3.63, 3.8) is 0 Å². The highest BCUT2D eigenvalue weighted by atomic mass is 16.3. The zero-order valence-electron chi connectivity index (χ0n) is 8.87. The molecule has 0 unspecified atom stereocenters. The summed E-state index contributed by atoms with van der Waals surface area (Å²) in [5.74, 6) is 0. The number of pyridine rings is 1. The average Bonchev–Trinajstić information content (AvgIpc) is 2.25. The Labute approximate surface area is 86.0 Å². The number of rotatable bonds is 6. The fourth-order valence-electron chi connectivity index (χ4n) is 1.49. The molecule has 1 aromatic heterocycles. The van der Waals surface area contributed by atoms with Gasteiger partial charge in [0.2, 0.25) is 0 Å². The largest absolute Gasteiger partial charge is 0.390 e. The smallest absolute Gasteiger partial charge is 0.0853 e. The summed E-state index contributed by atoms with van der Waals surface area (Å²) in [5.41, 5.74) is 1.88. The van der Waals surface area contributed by atoms with E-state index in [9.17, 15) is 0 Å². The number of aliphatic hydroxyl groups is 1. The van der Waals surface area contributed by atoms with Crippen LogP contribution in [-0.4, -0.2) is 10.1 Å². The van der Waals surface area contributed by atoms with Crippen LogP contribution in [0.5, 0.6) is 0 Å². The number of unbranched alkanes of at least 4 members (excludes halogenated alkanes) is 3. The van der Waals surface area contributed by atoms with E-state index in [0.717, 1.165) is 17.8 Å². The molecule has 0 spiro atoms. The van der Waals surface area contributed by atoms with Crippen molar-refractivity contribution in [3.8, 4) is 0 Å². The van der Waals surface area contributed by atoms with Crippen LogP contribution in [0, 0.1) is 0 Å². The topological polar surface area (TPSA) is 33.1 Å². The Morgan fingerprint density at radius 2 is 1.93 bits per heavy atom. The van der Waals surface area contributed by atoms with E-state index in [0.29, 0.717) is 0 Å². The Bertz CT molecular complexity index is 260. The van der Waals surface area contributed by atoms with Crippen molar-refractivity contribution in [2.45, 2.75) is 45.6 Å². The Kier molecular flexibility index (Phi) is 5.23. The molecule has 1 rings (SSSR count). The molecule has 1 aromatic rings. The summed E-state index contributed by atoms with van der Waals surface area (Å²) in [5, 5.41) is 8.91. The van der Waals surface area contributed by atoms with Crippen LogP contribution in [0.3, 0.4) is 0 Å². The van der Waals surface area contributed by atoms with E-state index >= 15 is 0 Å². The van der Waals surface area contributed by atoms with Crippen LogP contribution in [0.2, 0.25) is 0 Å². The number of hydrogen-bond acceptors (Lipinski definition) is 2. The minimum atomic E-state index is 0.0444. The quantitative estimate of drug-likeness (QED) is 0.705. The second-order valence-electron chi connectivity index (χ2n) is 3.59. The van der Waals surface area contributed by atoms with Crippen LogP contribution in [0.15, 0.2) is 18.2 Å². The van der Waals surface area contributed by atoms with Crippen LogP contribution in [0.1, 0.15) is 44.0 Å². The minimum absolute atomic E-state index is 0.0444. The lowest BCUT2D eigenvalue weighted by molar-refractivity contribution is 0.276. The Morgan fingerprint density at radius 1 is 1.14 bits per heavy atom. The van der Waals surface area contributed by atoms with Gasteiger partial charge in [0.1, 0.15) is 0 Å². The minimum Gasteiger partial charge on any atom is -0.390 e. The molecule has 0 aliphatic carbocycles. The molecule has 0 saturated heterocycles. The van der Waals surface area contributed by atoms with Gasteiger partial charge in [-0.15, -0.1) is 0 Å². The predicted molar refractivity (Wildman–Crippen MR) is 58.0 cm³/mol. The van der Waals surface area contributed by atoms with Gasteiger partial charge in [0.25, 0.3) is 0 Å². The van der Waals surface area contributed by atoms with E-state index in [4.69, 9.17) is 5.11 Å². The first kappa shape index (κ1) is 11.2.